The molecule has 0 saturated carbocycles. The number of hydrogen-bond acceptors (Lipinski definition) is 3. The molecule has 18 heavy (non-hydrogen) atoms. The van der Waals surface area contributed by atoms with E-state index in [1.807, 2.05) is 54.6 Å². The number of ether oxygens (including phenoxy) is 1. The van der Waals surface area contributed by atoms with Gasteiger partial charge in [0.05, 0.1) is 12.6 Å². The molecule has 0 unspecified atom stereocenters. The molecule has 0 aliphatic carbocycles. The number of aliphatic hydroxyl groups is 1. The van der Waals surface area contributed by atoms with Gasteiger partial charge in [0.2, 0.25) is 0 Å². The first kappa shape index (κ1) is 14.5. The van der Waals surface area contributed by atoms with Crippen LogP contribution in [0.25, 0.3) is 0 Å². The van der Waals surface area contributed by atoms with Crippen molar-refractivity contribution in [2.75, 3.05) is 6.61 Å². The molecule has 0 amide bonds. The maximum absolute atomic E-state index is 9.00. The summed E-state index contributed by atoms with van der Waals surface area (Å²) in [5.74, 6) is 1.50. The molecule has 3 nitrogen and oxygen atoms in total. The predicted molar refractivity (Wildman–Crippen MR) is 74.2 cm³/mol. The number of nitrogens with two attached hydrogens (primary N) is 1. The Morgan fingerprint density at radius 1 is 1.00 bits per heavy atom. The highest BCUT2D eigenvalue weighted by Gasteiger charge is 2.05. The fraction of sp³-hybridized carbons (Fsp3) is 0.143. The molecule has 3 N–H and O–H groups in total. The molecule has 1 atom stereocenters. The molecule has 0 heterocycles. The standard InChI is InChI=1S/C14H15NO2.ClH/c15-14(10-16)11-5-4-8-13(9-11)17-12-6-2-1-3-7-12;/h1-9,14,16H,10,15H2;1H/t14-;/m0./s1. The molecule has 0 spiro atoms. The number of para-hydroxylation sites is 1. The average molecular weight is 266 g/mol. The smallest absolute Gasteiger partial charge is 0.127 e. The van der Waals surface area contributed by atoms with Crippen LogP contribution in [0.2, 0.25) is 0 Å². The molecule has 4 heteroatoms. The summed E-state index contributed by atoms with van der Waals surface area (Å²) in [6, 6.07) is 16.6. The zero-order valence-corrected chi connectivity index (χ0v) is 10.6. The highest BCUT2D eigenvalue weighted by molar-refractivity contribution is 5.85. The van der Waals surface area contributed by atoms with Crippen LogP contribution in [0, 0.1) is 0 Å². The summed E-state index contributed by atoms with van der Waals surface area (Å²) in [7, 11) is 0. The third-order valence-electron chi connectivity index (χ3n) is 2.46. The first-order valence-corrected chi connectivity index (χ1v) is 5.49. The van der Waals surface area contributed by atoms with E-state index in [4.69, 9.17) is 15.6 Å². The highest BCUT2D eigenvalue weighted by atomic mass is 35.5. The van der Waals surface area contributed by atoms with Crippen LogP contribution in [0.5, 0.6) is 11.5 Å². The summed E-state index contributed by atoms with van der Waals surface area (Å²) < 4.78 is 5.68. The van der Waals surface area contributed by atoms with E-state index >= 15 is 0 Å². The molecular formula is C14H16ClNO2. The molecule has 0 saturated heterocycles. The van der Waals surface area contributed by atoms with Gasteiger partial charge in [-0.1, -0.05) is 30.3 Å². The Hall–Kier alpha value is -1.55. The van der Waals surface area contributed by atoms with Crippen molar-refractivity contribution in [1.82, 2.24) is 0 Å². The summed E-state index contributed by atoms with van der Waals surface area (Å²) in [6.45, 7) is -0.0746. The average Bonchev–Trinajstić information content (AvgIpc) is 2.39. The molecule has 96 valence electrons. The maximum Gasteiger partial charge on any atom is 0.127 e. The summed E-state index contributed by atoms with van der Waals surface area (Å²) in [5.41, 5.74) is 6.61. The van der Waals surface area contributed by atoms with Gasteiger partial charge in [-0.3, -0.25) is 0 Å². The van der Waals surface area contributed by atoms with Crippen molar-refractivity contribution in [2.45, 2.75) is 6.04 Å². The lowest BCUT2D eigenvalue weighted by atomic mass is 10.1. The third-order valence-corrected chi connectivity index (χ3v) is 2.46. The van der Waals surface area contributed by atoms with Crippen LogP contribution in [0.4, 0.5) is 0 Å². The molecule has 0 aliphatic heterocycles. The van der Waals surface area contributed by atoms with Crippen LogP contribution in [0.3, 0.4) is 0 Å². The van der Waals surface area contributed by atoms with Crippen LogP contribution in [-0.2, 0) is 0 Å². The lowest BCUT2D eigenvalue weighted by molar-refractivity contribution is 0.268. The molecular weight excluding hydrogens is 250 g/mol. The molecule has 0 radical (unpaired) electrons. The topological polar surface area (TPSA) is 55.5 Å². The molecule has 0 aromatic heterocycles. The van der Waals surface area contributed by atoms with Crippen molar-refractivity contribution in [3.05, 3.63) is 60.2 Å². The quantitative estimate of drug-likeness (QED) is 0.894. The van der Waals surface area contributed by atoms with Gasteiger partial charge in [0, 0.05) is 0 Å². The molecule has 2 rings (SSSR count). The lowest BCUT2D eigenvalue weighted by Crippen LogP contribution is -2.14. The van der Waals surface area contributed by atoms with Crippen molar-refractivity contribution in [1.29, 1.82) is 0 Å². The van der Waals surface area contributed by atoms with E-state index in [1.54, 1.807) is 0 Å². The van der Waals surface area contributed by atoms with Crippen molar-refractivity contribution in [2.24, 2.45) is 5.73 Å². The van der Waals surface area contributed by atoms with Gasteiger partial charge in [0.25, 0.3) is 0 Å². The molecule has 0 fully saturated rings. The minimum atomic E-state index is -0.366. The van der Waals surface area contributed by atoms with Gasteiger partial charge in [0.15, 0.2) is 0 Å². The largest absolute Gasteiger partial charge is 0.457 e. The molecule has 0 bridgehead atoms. The van der Waals surface area contributed by atoms with E-state index in [2.05, 4.69) is 0 Å². The van der Waals surface area contributed by atoms with Crippen molar-refractivity contribution in [3.63, 3.8) is 0 Å². The van der Waals surface area contributed by atoms with Crippen molar-refractivity contribution < 1.29 is 9.84 Å². The van der Waals surface area contributed by atoms with Crippen LogP contribution < -0.4 is 10.5 Å². The predicted octanol–water partition coefficient (Wildman–Crippen LogP) is 2.89. The number of rotatable bonds is 4. The van der Waals surface area contributed by atoms with E-state index in [-0.39, 0.29) is 25.1 Å². The summed E-state index contributed by atoms with van der Waals surface area (Å²) in [4.78, 5) is 0. The molecule has 2 aromatic rings. The van der Waals surface area contributed by atoms with Gasteiger partial charge in [-0.05, 0) is 29.8 Å². The van der Waals surface area contributed by atoms with Crippen LogP contribution in [0.15, 0.2) is 54.6 Å². The fourth-order valence-electron chi connectivity index (χ4n) is 1.54. The normalized spacial score (nSPS) is 11.4. The van der Waals surface area contributed by atoms with E-state index in [9.17, 15) is 0 Å². The Morgan fingerprint density at radius 3 is 2.33 bits per heavy atom. The summed E-state index contributed by atoms with van der Waals surface area (Å²) in [5, 5.41) is 9.00. The Kier molecular flexibility index (Phi) is 5.65. The van der Waals surface area contributed by atoms with Gasteiger partial charge in [0.1, 0.15) is 11.5 Å². The third kappa shape index (κ3) is 3.74. The van der Waals surface area contributed by atoms with E-state index in [0.717, 1.165) is 17.1 Å². The van der Waals surface area contributed by atoms with Gasteiger partial charge in [-0.15, -0.1) is 12.4 Å². The number of hydrogen-bond donors (Lipinski definition) is 2. The zero-order valence-electron chi connectivity index (χ0n) is 9.82. The Bertz CT molecular complexity index is 476. The first-order valence-electron chi connectivity index (χ1n) is 5.49. The van der Waals surface area contributed by atoms with Gasteiger partial charge < -0.3 is 15.6 Å². The van der Waals surface area contributed by atoms with E-state index in [0.29, 0.717) is 0 Å². The van der Waals surface area contributed by atoms with Crippen molar-refractivity contribution >= 4 is 12.4 Å². The summed E-state index contributed by atoms with van der Waals surface area (Å²) >= 11 is 0. The Labute approximate surface area is 113 Å². The molecule has 0 aliphatic rings. The van der Waals surface area contributed by atoms with Gasteiger partial charge in [-0.2, -0.15) is 0 Å². The van der Waals surface area contributed by atoms with E-state index in [1.165, 1.54) is 0 Å². The highest BCUT2D eigenvalue weighted by Crippen LogP contribution is 2.23. The monoisotopic (exact) mass is 265 g/mol. The number of aliphatic hydroxyl groups excluding tert-OH is 1. The lowest BCUT2D eigenvalue weighted by Gasteiger charge is -2.11. The van der Waals surface area contributed by atoms with Crippen molar-refractivity contribution in [3.8, 4) is 11.5 Å². The Morgan fingerprint density at radius 2 is 1.67 bits per heavy atom. The summed E-state index contributed by atoms with van der Waals surface area (Å²) in [6.07, 6.45) is 0. The second-order valence-electron chi connectivity index (χ2n) is 3.78. The van der Waals surface area contributed by atoms with Crippen LogP contribution in [-0.4, -0.2) is 11.7 Å². The SMILES string of the molecule is Cl.N[C@@H](CO)c1cccc(Oc2ccccc2)c1. The van der Waals surface area contributed by atoms with Crippen LogP contribution >= 0.6 is 12.4 Å². The number of benzene rings is 2. The Balaban J connectivity index is 0.00000162. The van der Waals surface area contributed by atoms with Crippen LogP contribution in [0.1, 0.15) is 11.6 Å². The second-order valence-corrected chi connectivity index (χ2v) is 3.78. The first-order chi connectivity index (χ1) is 8.29. The molecule has 2 aromatic carbocycles. The van der Waals surface area contributed by atoms with E-state index < -0.39 is 0 Å². The zero-order chi connectivity index (χ0) is 12.1. The van der Waals surface area contributed by atoms with Gasteiger partial charge >= 0.3 is 0 Å². The minimum Gasteiger partial charge on any atom is -0.457 e. The maximum atomic E-state index is 9.00. The minimum absolute atomic E-state index is 0. The van der Waals surface area contributed by atoms with Gasteiger partial charge in [-0.25, -0.2) is 0 Å². The fourth-order valence-corrected chi connectivity index (χ4v) is 1.54. The number of halogens is 1. The second kappa shape index (κ2) is 7.01.